The van der Waals surface area contributed by atoms with Crippen molar-refractivity contribution in [1.29, 1.82) is 0 Å². The summed E-state index contributed by atoms with van der Waals surface area (Å²) < 4.78 is 27.3. The number of benzene rings is 1. The van der Waals surface area contributed by atoms with Crippen molar-refractivity contribution in [2.75, 3.05) is 26.2 Å². The fourth-order valence-electron chi connectivity index (χ4n) is 3.00. The number of rotatable bonds is 3. The molecule has 0 aromatic heterocycles. The number of aryl methyl sites for hydroxylation is 2. The van der Waals surface area contributed by atoms with E-state index in [4.69, 9.17) is 0 Å². The van der Waals surface area contributed by atoms with Crippen molar-refractivity contribution in [3.05, 3.63) is 41.1 Å². The number of nitrogens with one attached hydrogen (secondary N) is 2. The zero-order valence-electron chi connectivity index (χ0n) is 14.8. The summed E-state index contributed by atoms with van der Waals surface area (Å²) in [5.74, 6) is -0.445. The van der Waals surface area contributed by atoms with Crippen molar-refractivity contribution in [2.24, 2.45) is 0 Å². The molecule has 26 heavy (non-hydrogen) atoms. The van der Waals surface area contributed by atoms with Crippen LogP contribution in [0.15, 0.2) is 34.9 Å². The monoisotopic (exact) mass is 378 g/mol. The molecule has 0 bridgehead atoms. The van der Waals surface area contributed by atoms with E-state index in [1.807, 2.05) is 13.0 Å². The summed E-state index contributed by atoms with van der Waals surface area (Å²) in [5.41, 5.74) is 6.91. The Balaban J connectivity index is 1.69. The van der Waals surface area contributed by atoms with Gasteiger partial charge in [0.1, 0.15) is 5.70 Å². The summed E-state index contributed by atoms with van der Waals surface area (Å²) in [6.45, 7) is 4.72. The van der Waals surface area contributed by atoms with Crippen molar-refractivity contribution >= 4 is 21.8 Å². The van der Waals surface area contributed by atoms with Gasteiger partial charge in [-0.15, -0.1) is 0 Å². The van der Waals surface area contributed by atoms with Crippen molar-refractivity contribution in [3.63, 3.8) is 0 Å². The summed E-state index contributed by atoms with van der Waals surface area (Å²) >= 11 is 0. The van der Waals surface area contributed by atoms with Gasteiger partial charge in [-0.3, -0.25) is 20.4 Å². The third-order valence-corrected chi connectivity index (χ3v) is 6.59. The molecule has 0 radical (unpaired) electrons. The molecule has 1 aromatic rings. The van der Waals surface area contributed by atoms with E-state index >= 15 is 0 Å². The van der Waals surface area contributed by atoms with Gasteiger partial charge in [-0.05, 0) is 37.1 Å². The van der Waals surface area contributed by atoms with Gasteiger partial charge in [0.25, 0.3) is 5.91 Å². The molecule has 140 valence electrons. The van der Waals surface area contributed by atoms with Crippen LogP contribution in [0.2, 0.25) is 0 Å². The van der Waals surface area contributed by atoms with E-state index < -0.39 is 10.0 Å². The van der Waals surface area contributed by atoms with Gasteiger partial charge >= 0.3 is 0 Å². The van der Waals surface area contributed by atoms with Gasteiger partial charge < -0.3 is 4.90 Å². The number of hydrazine groups is 1. The fourth-order valence-corrected chi connectivity index (χ4v) is 4.73. The van der Waals surface area contributed by atoms with Gasteiger partial charge in [-0.1, -0.05) is 12.1 Å². The van der Waals surface area contributed by atoms with Crippen LogP contribution in [0.1, 0.15) is 17.5 Å². The van der Waals surface area contributed by atoms with E-state index in [-0.39, 0.29) is 31.3 Å². The first-order chi connectivity index (χ1) is 12.3. The first-order valence-electron chi connectivity index (χ1n) is 8.41. The fraction of sp³-hybridized carbons (Fsp3) is 0.412. The summed E-state index contributed by atoms with van der Waals surface area (Å²) in [4.78, 5) is 25.5. The molecule has 9 heteroatoms. The van der Waals surface area contributed by atoms with E-state index in [1.165, 1.54) is 4.31 Å². The molecule has 0 aliphatic carbocycles. The highest BCUT2D eigenvalue weighted by atomic mass is 32.2. The minimum atomic E-state index is -3.59. The lowest BCUT2D eigenvalue weighted by Gasteiger charge is -2.35. The van der Waals surface area contributed by atoms with Crippen LogP contribution < -0.4 is 10.9 Å². The van der Waals surface area contributed by atoms with Gasteiger partial charge in [0, 0.05) is 32.6 Å². The molecule has 0 unspecified atom stereocenters. The molecule has 2 amide bonds. The van der Waals surface area contributed by atoms with E-state index in [0.29, 0.717) is 29.2 Å². The van der Waals surface area contributed by atoms with Crippen LogP contribution in [-0.2, 0) is 19.6 Å². The molecule has 2 aliphatic heterocycles. The Labute approximate surface area is 152 Å². The third-order valence-electron chi connectivity index (χ3n) is 4.55. The van der Waals surface area contributed by atoms with Crippen molar-refractivity contribution in [1.82, 2.24) is 20.1 Å². The SMILES string of the molecule is Cc1ccc(C)c(S(=O)(=O)N2CCN(C(=O)C3=CCC(=O)NN3)CC2)c1. The van der Waals surface area contributed by atoms with E-state index in [2.05, 4.69) is 10.9 Å². The predicted molar refractivity (Wildman–Crippen MR) is 95.2 cm³/mol. The standard InChI is InChI=1S/C17H22N4O4S/c1-12-3-4-13(2)15(11-12)26(24,25)21-9-7-20(8-10-21)17(23)14-5-6-16(22)19-18-14/h3-5,11,18H,6-10H2,1-2H3,(H,19,22). The van der Waals surface area contributed by atoms with E-state index in [9.17, 15) is 18.0 Å². The van der Waals surface area contributed by atoms with Crippen LogP contribution in [0, 0.1) is 13.8 Å². The number of carbonyl (C=O) groups excluding carboxylic acids is 2. The number of nitrogens with zero attached hydrogens (tertiary/aromatic N) is 2. The molecule has 1 saturated heterocycles. The minimum Gasteiger partial charge on any atom is -0.335 e. The second-order valence-electron chi connectivity index (χ2n) is 6.46. The minimum absolute atomic E-state index is 0.148. The third kappa shape index (κ3) is 3.58. The van der Waals surface area contributed by atoms with Gasteiger partial charge in [0.15, 0.2) is 0 Å². The number of hydrogen-bond donors (Lipinski definition) is 2. The molecule has 2 aliphatic rings. The zero-order chi connectivity index (χ0) is 18.9. The lowest BCUT2D eigenvalue weighted by molar-refractivity contribution is -0.129. The molecule has 3 rings (SSSR count). The summed E-state index contributed by atoms with van der Waals surface area (Å²) in [6.07, 6.45) is 1.69. The maximum atomic E-state index is 12.9. The number of sulfonamides is 1. The van der Waals surface area contributed by atoms with Crippen molar-refractivity contribution in [2.45, 2.75) is 25.2 Å². The Morgan fingerprint density at radius 1 is 1.08 bits per heavy atom. The second kappa shape index (κ2) is 7.08. The zero-order valence-corrected chi connectivity index (χ0v) is 15.6. The number of amides is 2. The maximum Gasteiger partial charge on any atom is 0.271 e. The topological polar surface area (TPSA) is 98.8 Å². The molecule has 0 spiro atoms. The van der Waals surface area contributed by atoms with Gasteiger partial charge in [0.2, 0.25) is 15.9 Å². The molecule has 2 heterocycles. The molecule has 0 atom stereocenters. The Morgan fingerprint density at radius 2 is 1.77 bits per heavy atom. The highest BCUT2D eigenvalue weighted by molar-refractivity contribution is 7.89. The van der Waals surface area contributed by atoms with Crippen molar-refractivity contribution in [3.8, 4) is 0 Å². The van der Waals surface area contributed by atoms with Gasteiger partial charge in [-0.25, -0.2) is 8.42 Å². The lowest BCUT2D eigenvalue weighted by Crippen LogP contribution is -2.53. The van der Waals surface area contributed by atoms with Gasteiger partial charge in [0.05, 0.1) is 4.90 Å². The molecule has 8 nitrogen and oxygen atoms in total. The van der Waals surface area contributed by atoms with E-state index in [0.717, 1.165) is 5.56 Å². The largest absolute Gasteiger partial charge is 0.335 e. The molecule has 2 N–H and O–H groups in total. The van der Waals surface area contributed by atoms with Crippen molar-refractivity contribution < 1.29 is 18.0 Å². The molecule has 0 saturated carbocycles. The Bertz CT molecular complexity index is 871. The van der Waals surface area contributed by atoms with Crippen LogP contribution in [-0.4, -0.2) is 55.6 Å². The molecule has 1 fully saturated rings. The number of piperazine rings is 1. The smallest absolute Gasteiger partial charge is 0.271 e. The normalized spacial score (nSPS) is 18.8. The highest BCUT2D eigenvalue weighted by Crippen LogP contribution is 2.22. The van der Waals surface area contributed by atoms with Crippen LogP contribution in [0.3, 0.4) is 0 Å². The van der Waals surface area contributed by atoms with E-state index in [1.54, 1.807) is 30.0 Å². The second-order valence-corrected chi connectivity index (χ2v) is 8.37. The molecule has 1 aromatic carbocycles. The highest BCUT2D eigenvalue weighted by Gasteiger charge is 2.32. The summed E-state index contributed by atoms with van der Waals surface area (Å²) in [5, 5.41) is 0. The quantitative estimate of drug-likeness (QED) is 0.774. The van der Waals surface area contributed by atoms with Crippen LogP contribution in [0.4, 0.5) is 0 Å². The average molecular weight is 378 g/mol. The molecular formula is C17H22N4O4S. The Hall–Kier alpha value is -2.39. The number of hydrogen-bond acceptors (Lipinski definition) is 5. The maximum absolute atomic E-state index is 12.9. The van der Waals surface area contributed by atoms with Gasteiger partial charge in [-0.2, -0.15) is 4.31 Å². The van der Waals surface area contributed by atoms with Crippen LogP contribution >= 0.6 is 0 Å². The predicted octanol–water partition coefficient (Wildman–Crippen LogP) is 0.0447. The summed E-state index contributed by atoms with van der Waals surface area (Å²) in [7, 11) is -3.59. The Kier molecular flexibility index (Phi) is 5.01. The first kappa shape index (κ1) is 18.4. The average Bonchev–Trinajstić information content (AvgIpc) is 2.64. The first-order valence-corrected chi connectivity index (χ1v) is 9.85. The van der Waals surface area contributed by atoms with Crippen LogP contribution in [0.5, 0.6) is 0 Å². The Morgan fingerprint density at radius 3 is 2.38 bits per heavy atom. The summed E-state index contributed by atoms with van der Waals surface area (Å²) in [6, 6.07) is 5.37. The lowest BCUT2D eigenvalue weighted by atomic mass is 10.2. The molecular weight excluding hydrogens is 356 g/mol. The van der Waals surface area contributed by atoms with Crippen LogP contribution in [0.25, 0.3) is 0 Å². The number of carbonyl (C=O) groups is 2.